The van der Waals surface area contributed by atoms with Crippen LogP contribution >= 0.6 is 11.3 Å². The zero-order chi connectivity index (χ0) is 18.1. The molecule has 2 aromatic heterocycles. The van der Waals surface area contributed by atoms with Crippen LogP contribution in [0.15, 0.2) is 18.2 Å². The highest BCUT2D eigenvalue weighted by Gasteiger charge is 2.14. The predicted molar refractivity (Wildman–Crippen MR) is 99.7 cm³/mol. The Balaban J connectivity index is 1.67. The third-order valence-electron chi connectivity index (χ3n) is 4.05. The number of benzene rings is 1. The highest BCUT2D eigenvalue weighted by atomic mass is 32.1. The van der Waals surface area contributed by atoms with E-state index < -0.39 is 0 Å². The molecule has 1 aromatic carbocycles. The Hall–Kier alpha value is -2.41. The van der Waals surface area contributed by atoms with E-state index >= 15 is 0 Å². The van der Waals surface area contributed by atoms with Gasteiger partial charge < -0.3 is 4.74 Å². The molecular formula is C18H22N4O2S. The fourth-order valence-electron chi connectivity index (χ4n) is 2.54. The number of nitrogens with one attached hydrogen (secondary N) is 1. The maximum Gasteiger partial charge on any atom is 0.264 e. The van der Waals surface area contributed by atoms with E-state index in [1.165, 1.54) is 0 Å². The Labute approximate surface area is 150 Å². The van der Waals surface area contributed by atoms with Crippen LogP contribution in [0.1, 0.15) is 41.5 Å². The summed E-state index contributed by atoms with van der Waals surface area (Å²) in [4.78, 5) is 18.4. The van der Waals surface area contributed by atoms with E-state index in [2.05, 4.69) is 29.2 Å². The van der Waals surface area contributed by atoms with Gasteiger partial charge in [0.25, 0.3) is 11.9 Å². The lowest BCUT2D eigenvalue weighted by Crippen LogP contribution is -2.21. The lowest BCUT2D eigenvalue weighted by molar-refractivity contribution is -0.118. The summed E-state index contributed by atoms with van der Waals surface area (Å²) in [5.41, 5.74) is 3.22. The smallest absolute Gasteiger partial charge is 0.264 e. The van der Waals surface area contributed by atoms with Crippen LogP contribution in [-0.4, -0.2) is 27.1 Å². The van der Waals surface area contributed by atoms with Gasteiger partial charge in [0.1, 0.15) is 5.75 Å². The molecule has 0 aliphatic rings. The van der Waals surface area contributed by atoms with Gasteiger partial charge in [0, 0.05) is 4.88 Å². The van der Waals surface area contributed by atoms with E-state index in [0.29, 0.717) is 11.9 Å². The quantitative estimate of drug-likeness (QED) is 0.752. The first-order valence-electron chi connectivity index (χ1n) is 8.21. The summed E-state index contributed by atoms with van der Waals surface area (Å²) in [7, 11) is 0. The van der Waals surface area contributed by atoms with Crippen molar-refractivity contribution >= 4 is 28.2 Å². The number of carbonyl (C=O) groups excluding carboxylic acids is 1. The largest absolute Gasteiger partial charge is 0.483 e. The second-order valence-corrected chi connectivity index (χ2v) is 7.59. The maximum absolute atomic E-state index is 12.2. The van der Waals surface area contributed by atoms with E-state index in [-0.39, 0.29) is 12.5 Å². The van der Waals surface area contributed by atoms with Crippen LogP contribution in [0.25, 0.3) is 4.96 Å². The molecule has 0 spiro atoms. The zero-order valence-corrected chi connectivity index (χ0v) is 15.9. The molecule has 132 valence electrons. The number of nitrogens with zero attached hydrogens (tertiary/aromatic N) is 3. The van der Waals surface area contributed by atoms with Crippen molar-refractivity contribution in [2.45, 2.75) is 40.5 Å². The minimum absolute atomic E-state index is 0.0754. The SMILES string of the molecule is Cc1ccc(C(C)C)c(OCC(=O)Nc2nc3sc(C)c(C)n3n2)c1. The predicted octanol–water partition coefficient (Wildman–Crippen LogP) is 3.86. The van der Waals surface area contributed by atoms with Crippen molar-refractivity contribution in [3.05, 3.63) is 39.9 Å². The third kappa shape index (κ3) is 3.66. The van der Waals surface area contributed by atoms with Gasteiger partial charge >= 0.3 is 0 Å². The van der Waals surface area contributed by atoms with Gasteiger partial charge in [-0.05, 0) is 43.9 Å². The van der Waals surface area contributed by atoms with Gasteiger partial charge in [-0.15, -0.1) is 5.10 Å². The van der Waals surface area contributed by atoms with Crippen LogP contribution < -0.4 is 10.1 Å². The third-order valence-corrected chi connectivity index (χ3v) is 5.10. The molecule has 0 aliphatic carbocycles. The topological polar surface area (TPSA) is 68.5 Å². The molecule has 3 aromatic rings. The molecule has 0 bridgehead atoms. The number of amides is 1. The normalized spacial score (nSPS) is 11.3. The van der Waals surface area contributed by atoms with Crippen molar-refractivity contribution < 1.29 is 9.53 Å². The van der Waals surface area contributed by atoms with E-state index in [1.807, 2.05) is 39.0 Å². The summed E-state index contributed by atoms with van der Waals surface area (Å²) in [6.07, 6.45) is 0. The number of rotatable bonds is 5. The maximum atomic E-state index is 12.2. The van der Waals surface area contributed by atoms with Gasteiger partial charge in [0.15, 0.2) is 6.61 Å². The molecule has 0 atom stereocenters. The first kappa shape index (κ1) is 17.4. The number of carbonyl (C=O) groups is 1. The minimum atomic E-state index is -0.274. The number of fused-ring (bicyclic) bond motifs is 1. The number of aryl methyl sites for hydroxylation is 3. The van der Waals surface area contributed by atoms with E-state index in [0.717, 1.165) is 32.4 Å². The van der Waals surface area contributed by atoms with Gasteiger partial charge in [-0.25, -0.2) is 4.52 Å². The number of hydrogen-bond donors (Lipinski definition) is 1. The average molecular weight is 358 g/mol. The van der Waals surface area contributed by atoms with Crippen LogP contribution in [0.4, 0.5) is 5.95 Å². The fourth-order valence-corrected chi connectivity index (χ4v) is 3.45. The van der Waals surface area contributed by atoms with Crippen molar-refractivity contribution in [3.63, 3.8) is 0 Å². The Morgan fingerprint density at radius 3 is 2.76 bits per heavy atom. The molecule has 0 saturated carbocycles. The average Bonchev–Trinajstić information content (AvgIpc) is 3.04. The number of thiazole rings is 1. The van der Waals surface area contributed by atoms with Gasteiger partial charge in [-0.2, -0.15) is 4.98 Å². The zero-order valence-electron chi connectivity index (χ0n) is 15.1. The molecule has 0 unspecified atom stereocenters. The molecule has 0 radical (unpaired) electrons. The van der Waals surface area contributed by atoms with E-state index in [9.17, 15) is 4.79 Å². The number of ether oxygens (including phenoxy) is 1. The molecule has 0 aliphatic heterocycles. The second kappa shape index (κ2) is 6.84. The van der Waals surface area contributed by atoms with Crippen LogP contribution in [-0.2, 0) is 4.79 Å². The lowest BCUT2D eigenvalue weighted by Gasteiger charge is -2.14. The summed E-state index contributed by atoms with van der Waals surface area (Å²) < 4.78 is 7.48. The van der Waals surface area contributed by atoms with Crippen molar-refractivity contribution in [2.24, 2.45) is 0 Å². The Bertz CT molecular complexity index is 927. The lowest BCUT2D eigenvalue weighted by atomic mass is 10.0. The minimum Gasteiger partial charge on any atom is -0.483 e. The molecule has 2 heterocycles. The van der Waals surface area contributed by atoms with Crippen molar-refractivity contribution in [2.75, 3.05) is 11.9 Å². The van der Waals surface area contributed by atoms with Crippen molar-refractivity contribution in [3.8, 4) is 5.75 Å². The summed E-state index contributed by atoms with van der Waals surface area (Å²) in [6.45, 7) is 10.1. The first-order chi connectivity index (χ1) is 11.8. The summed E-state index contributed by atoms with van der Waals surface area (Å²) >= 11 is 1.55. The van der Waals surface area contributed by atoms with Gasteiger partial charge in [0.05, 0.1) is 5.69 Å². The molecule has 6 nitrogen and oxygen atoms in total. The summed E-state index contributed by atoms with van der Waals surface area (Å²) in [5, 5.41) is 7.01. The van der Waals surface area contributed by atoms with Crippen molar-refractivity contribution in [1.82, 2.24) is 14.6 Å². The van der Waals surface area contributed by atoms with Gasteiger partial charge in [-0.1, -0.05) is 37.3 Å². The number of hydrogen-bond acceptors (Lipinski definition) is 5. The fraction of sp³-hybridized carbons (Fsp3) is 0.389. The Morgan fingerprint density at radius 1 is 1.32 bits per heavy atom. The molecule has 1 amide bonds. The molecule has 0 fully saturated rings. The van der Waals surface area contributed by atoms with E-state index in [1.54, 1.807) is 15.9 Å². The molecule has 0 saturated heterocycles. The van der Waals surface area contributed by atoms with Crippen LogP contribution in [0.2, 0.25) is 0 Å². The highest BCUT2D eigenvalue weighted by Crippen LogP contribution is 2.27. The summed E-state index contributed by atoms with van der Waals surface area (Å²) in [6, 6.07) is 6.05. The molecule has 3 rings (SSSR count). The molecule has 25 heavy (non-hydrogen) atoms. The van der Waals surface area contributed by atoms with Crippen molar-refractivity contribution in [1.29, 1.82) is 0 Å². The molecule has 7 heteroatoms. The monoisotopic (exact) mass is 358 g/mol. The Morgan fingerprint density at radius 2 is 2.08 bits per heavy atom. The number of anilines is 1. The summed E-state index contributed by atoms with van der Waals surface area (Å²) in [5.74, 6) is 1.10. The molecule has 1 N–H and O–H groups in total. The van der Waals surface area contributed by atoms with E-state index in [4.69, 9.17) is 4.74 Å². The standard InChI is InChI=1S/C18H22N4O2S/c1-10(2)14-7-6-11(3)8-15(14)24-9-16(23)19-17-20-18-22(21-17)12(4)13(5)25-18/h6-8,10H,9H2,1-5H3,(H,19,21,23). The second-order valence-electron chi connectivity index (χ2n) is 6.41. The Kier molecular flexibility index (Phi) is 4.76. The number of aromatic nitrogens is 3. The first-order valence-corrected chi connectivity index (χ1v) is 9.02. The van der Waals surface area contributed by atoms with Crippen LogP contribution in [0.5, 0.6) is 5.75 Å². The molecular weight excluding hydrogens is 336 g/mol. The van der Waals surface area contributed by atoms with Gasteiger partial charge in [0.2, 0.25) is 4.96 Å². The van der Waals surface area contributed by atoms with Crippen LogP contribution in [0, 0.1) is 20.8 Å². The highest BCUT2D eigenvalue weighted by molar-refractivity contribution is 7.17. The van der Waals surface area contributed by atoms with Gasteiger partial charge in [-0.3, -0.25) is 10.1 Å². The van der Waals surface area contributed by atoms with Crippen LogP contribution in [0.3, 0.4) is 0 Å².